The molecule has 0 bridgehead atoms. The molecule has 0 radical (unpaired) electrons. The first-order valence-corrected chi connectivity index (χ1v) is 5.91. The minimum Gasteiger partial charge on any atom is -0.456 e. The van der Waals surface area contributed by atoms with Gasteiger partial charge in [-0.25, -0.2) is 0 Å². The Morgan fingerprint density at radius 2 is 1.61 bits per heavy atom. The third kappa shape index (κ3) is 1.81. The molecule has 0 aliphatic carbocycles. The largest absolute Gasteiger partial charge is 0.456 e. The van der Waals surface area contributed by atoms with Crippen LogP contribution < -0.4 is 4.74 Å². The zero-order chi connectivity index (χ0) is 12.5. The fraction of sp³-hybridized carbons (Fsp3) is 0. The Morgan fingerprint density at radius 1 is 0.944 bits per heavy atom. The van der Waals surface area contributed by atoms with Gasteiger partial charge in [0, 0.05) is 16.7 Å². The van der Waals surface area contributed by atoms with Gasteiger partial charge in [-0.3, -0.25) is 4.79 Å². The van der Waals surface area contributed by atoms with E-state index in [1.165, 1.54) is 0 Å². The van der Waals surface area contributed by atoms with Crippen LogP contribution in [0.2, 0.25) is 0 Å². The highest BCUT2D eigenvalue weighted by Crippen LogP contribution is 2.38. The van der Waals surface area contributed by atoms with Crippen molar-refractivity contribution >= 4 is 28.5 Å². The molecule has 3 rings (SSSR count). The molecule has 3 heteroatoms. The zero-order valence-corrected chi connectivity index (χ0v) is 10.1. The lowest BCUT2D eigenvalue weighted by Gasteiger charge is -2.08. The molecule has 0 atom stereocenters. The summed E-state index contributed by atoms with van der Waals surface area (Å²) in [6, 6.07) is 14.9. The molecule has 2 aromatic rings. The van der Waals surface area contributed by atoms with Crippen molar-refractivity contribution in [2.24, 2.45) is 0 Å². The number of halogens is 1. The van der Waals surface area contributed by atoms with Gasteiger partial charge in [-0.15, -0.1) is 0 Å². The van der Waals surface area contributed by atoms with Crippen molar-refractivity contribution in [1.29, 1.82) is 0 Å². The summed E-state index contributed by atoms with van der Waals surface area (Å²) in [6.45, 7) is 0. The van der Waals surface area contributed by atoms with Crippen LogP contribution >= 0.6 is 11.6 Å². The highest BCUT2D eigenvalue weighted by Gasteiger charge is 2.19. The summed E-state index contributed by atoms with van der Waals surface area (Å²) in [5, 5.41) is -0.484. The van der Waals surface area contributed by atoms with E-state index >= 15 is 0 Å². The van der Waals surface area contributed by atoms with Crippen molar-refractivity contribution in [1.82, 2.24) is 0 Å². The van der Waals surface area contributed by atoms with E-state index in [9.17, 15) is 4.79 Å². The molecule has 0 amide bonds. The van der Waals surface area contributed by atoms with E-state index in [1.807, 2.05) is 48.5 Å². The smallest absolute Gasteiger partial charge is 0.253 e. The molecule has 0 unspecified atom stereocenters. The fourth-order valence-electron chi connectivity index (χ4n) is 1.99. The highest BCUT2D eigenvalue weighted by molar-refractivity contribution is 6.75. The molecule has 1 heterocycles. The second kappa shape index (κ2) is 4.31. The molecular weight excluding hydrogens is 248 g/mol. The maximum absolute atomic E-state index is 11.6. The lowest BCUT2D eigenvalue weighted by molar-refractivity contribution is -0.106. The molecule has 88 valence electrons. The Labute approximate surface area is 109 Å². The summed E-state index contributed by atoms with van der Waals surface area (Å²) >= 11 is 5.66. The van der Waals surface area contributed by atoms with Crippen molar-refractivity contribution in [2.75, 3.05) is 0 Å². The molecule has 0 N–H and O–H groups in total. The van der Waals surface area contributed by atoms with Gasteiger partial charge in [-0.2, -0.15) is 0 Å². The van der Waals surface area contributed by atoms with Gasteiger partial charge in [0.15, 0.2) is 0 Å². The Hall–Kier alpha value is -2.06. The summed E-state index contributed by atoms with van der Waals surface area (Å²) in [5.41, 5.74) is 2.02. The van der Waals surface area contributed by atoms with Gasteiger partial charge in [-0.1, -0.05) is 36.4 Å². The van der Waals surface area contributed by atoms with Crippen LogP contribution in [0.1, 0.15) is 11.1 Å². The van der Waals surface area contributed by atoms with Crippen molar-refractivity contribution in [3.05, 3.63) is 59.7 Å². The number of hydrogen-bond donors (Lipinski definition) is 0. The minimum absolute atomic E-state index is 0.456. The number of benzene rings is 2. The predicted octanol–water partition coefficient (Wildman–Crippen LogP) is 4.10. The van der Waals surface area contributed by atoms with Crippen molar-refractivity contribution < 1.29 is 9.53 Å². The number of carbonyl (C=O) groups excluding carboxylic acids is 1. The number of hydrogen-bond acceptors (Lipinski definition) is 2. The maximum Gasteiger partial charge on any atom is 0.253 e. The minimum atomic E-state index is -0.484. The molecule has 0 saturated heterocycles. The number of ether oxygens (including phenoxy) is 1. The van der Waals surface area contributed by atoms with E-state index in [1.54, 1.807) is 6.08 Å². The van der Waals surface area contributed by atoms with Crippen molar-refractivity contribution in [3.8, 4) is 11.5 Å². The first-order chi connectivity index (χ1) is 8.75. The lowest BCUT2D eigenvalue weighted by atomic mass is 10.0. The van der Waals surface area contributed by atoms with E-state index < -0.39 is 5.24 Å². The fourth-order valence-corrected chi connectivity index (χ4v) is 2.14. The summed E-state index contributed by atoms with van der Waals surface area (Å²) in [7, 11) is 0. The molecule has 0 spiro atoms. The summed E-state index contributed by atoms with van der Waals surface area (Å²) in [4.78, 5) is 11.6. The number of carbonyl (C=O) groups is 1. The summed E-state index contributed by atoms with van der Waals surface area (Å²) in [5.74, 6) is 1.36. The Bertz CT molecular complexity index is 659. The molecule has 1 aliphatic heterocycles. The molecule has 0 aromatic heterocycles. The molecular formula is C15H9ClO2. The summed E-state index contributed by atoms with van der Waals surface area (Å²) < 4.78 is 5.82. The van der Waals surface area contributed by atoms with E-state index in [4.69, 9.17) is 16.3 Å². The van der Waals surface area contributed by atoms with Gasteiger partial charge in [0.1, 0.15) is 11.5 Å². The predicted molar refractivity (Wildman–Crippen MR) is 71.7 cm³/mol. The summed E-state index contributed by atoms with van der Waals surface area (Å²) in [6.07, 6.45) is 1.76. The first kappa shape index (κ1) is 11.1. The van der Waals surface area contributed by atoms with E-state index in [0.717, 1.165) is 11.3 Å². The number of rotatable bonds is 1. The second-order valence-electron chi connectivity index (χ2n) is 3.97. The van der Waals surface area contributed by atoms with Gasteiger partial charge >= 0.3 is 0 Å². The van der Waals surface area contributed by atoms with Crippen LogP contribution in [0.25, 0.3) is 11.6 Å². The molecule has 2 aromatic carbocycles. The van der Waals surface area contributed by atoms with Gasteiger partial charge in [-0.05, 0) is 29.8 Å². The zero-order valence-electron chi connectivity index (χ0n) is 9.39. The third-order valence-corrected chi connectivity index (χ3v) is 3.03. The molecule has 1 aliphatic rings. The Morgan fingerprint density at radius 3 is 2.39 bits per heavy atom. The SMILES string of the molecule is O=C(Cl)C1=Cc2ccccc2Oc2ccccc21. The number of allylic oxidation sites excluding steroid dienone is 1. The van der Waals surface area contributed by atoms with Crippen LogP contribution in [-0.4, -0.2) is 5.24 Å². The maximum atomic E-state index is 11.6. The van der Waals surface area contributed by atoms with Crippen LogP contribution in [0.15, 0.2) is 48.5 Å². The average molecular weight is 257 g/mol. The molecule has 0 fully saturated rings. The third-order valence-electron chi connectivity index (χ3n) is 2.83. The highest BCUT2D eigenvalue weighted by atomic mass is 35.5. The van der Waals surface area contributed by atoms with Crippen LogP contribution in [0.4, 0.5) is 0 Å². The van der Waals surface area contributed by atoms with Crippen LogP contribution in [0.3, 0.4) is 0 Å². The first-order valence-electron chi connectivity index (χ1n) is 5.53. The van der Waals surface area contributed by atoms with E-state index in [0.29, 0.717) is 16.9 Å². The van der Waals surface area contributed by atoms with E-state index in [-0.39, 0.29) is 0 Å². The standard InChI is InChI=1S/C15H9ClO2/c16-15(17)12-9-10-5-1-3-7-13(10)18-14-8-4-2-6-11(12)14/h1-9H. The van der Waals surface area contributed by atoms with Crippen LogP contribution in [0.5, 0.6) is 11.5 Å². The van der Waals surface area contributed by atoms with Gasteiger partial charge in [0.25, 0.3) is 5.24 Å². The van der Waals surface area contributed by atoms with E-state index in [2.05, 4.69) is 0 Å². The van der Waals surface area contributed by atoms with Gasteiger partial charge in [0.2, 0.25) is 0 Å². The van der Waals surface area contributed by atoms with Gasteiger partial charge in [0.05, 0.1) is 0 Å². The van der Waals surface area contributed by atoms with Gasteiger partial charge < -0.3 is 4.74 Å². The number of para-hydroxylation sites is 2. The average Bonchev–Trinajstić information content (AvgIpc) is 2.55. The lowest BCUT2D eigenvalue weighted by Crippen LogP contribution is -1.93. The quantitative estimate of drug-likeness (QED) is 0.718. The second-order valence-corrected chi connectivity index (χ2v) is 4.31. The normalized spacial score (nSPS) is 12.6. The molecule has 2 nitrogen and oxygen atoms in total. The Kier molecular flexibility index (Phi) is 2.65. The Balaban J connectivity index is 2.29. The van der Waals surface area contributed by atoms with Crippen molar-refractivity contribution in [3.63, 3.8) is 0 Å². The topological polar surface area (TPSA) is 26.3 Å². The van der Waals surface area contributed by atoms with Crippen LogP contribution in [0, 0.1) is 0 Å². The monoisotopic (exact) mass is 256 g/mol. The van der Waals surface area contributed by atoms with Crippen molar-refractivity contribution in [2.45, 2.75) is 0 Å². The molecule has 18 heavy (non-hydrogen) atoms. The van der Waals surface area contributed by atoms with Crippen LogP contribution in [-0.2, 0) is 4.79 Å². The number of fused-ring (bicyclic) bond motifs is 2. The molecule has 0 saturated carbocycles.